The van der Waals surface area contributed by atoms with Crippen molar-refractivity contribution in [1.82, 2.24) is 24.8 Å². The summed E-state index contributed by atoms with van der Waals surface area (Å²) >= 11 is 1.43. The van der Waals surface area contributed by atoms with Gasteiger partial charge in [0.05, 0.1) is 0 Å². The minimum absolute atomic E-state index is 0.0499. The summed E-state index contributed by atoms with van der Waals surface area (Å²) in [5.41, 5.74) is 2.03. The van der Waals surface area contributed by atoms with Crippen molar-refractivity contribution in [2.24, 2.45) is 0 Å². The number of nitrogens with zero attached hydrogens (tertiary/aromatic N) is 4. The monoisotopic (exact) mass is 663 g/mol. The van der Waals surface area contributed by atoms with Crippen LogP contribution in [0.25, 0.3) is 0 Å². The van der Waals surface area contributed by atoms with E-state index in [1.807, 2.05) is 10.8 Å². The number of halogens is 1. The van der Waals surface area contributed by atoms with Gasteiger partial charge in [-0.1, -0.05) is 101 Å². The second kappa shape index (κ2) is 23.9. The molecule has 0 unspecified atom stereocenters. The molecule has 0 saturated carbocycles. The number of allylic oxidation sites excluding steroid dienone is 2. The molecule has 0 spiro atoms. The van der Waals surface area contributed by atoms with E-state index in [1.165, 1.54) is 107 Å². The van der Waals surface area contributed by atoms with Gasteiger partial charge in [0.25, 0.3) is 5.56 Å². The van der Waals surface area contributed by atoms with Gasteiger partial charge in [-0.2, -0.15) is 4.98 Å². The lowest BCUT2D eigenvalue weighted by molar-refractivity contribution is -0.121. The number of aromatic nitrogens is 4. The van der Waals surface area contributed by atoms with Crippen LogP contribution in [0.2, 0.25) is 0 Å². The summed E-state index contributed by atoms with van der Waals surface area (Å²) in [6.07, 6.45) is 30.6. The molecule has 2 aromatic heterocycles. The summed E-state index contributed by atoms with van der Waals surface area (Å²) in [6, 6.07) is 6.32. The Hall–Kier alpha value is -3.33. The Labute approximate surface area is 285 Å². The highest BCUT2D eigenvalue weighted by Crippen LogP contribution is 2.22. The van der Waals surface area contributed by atoms with E-state index in [0.717, 1.165) is 24.0 Å². The lowest BCUT2D eigenvalue weighted by Crippen LogP contribution is -2.25. The maximum absolute atomic E-state index is 13.3. The second-order valence-corrected chi connectivity index (χ2v) is 13.2. The molecule has 0 radical (unpaired) electrons. The minimum atomic E-state index is -0.292. The third-order valence-corrected chi connectivity index (χ3v) is 9.19. The molecule has 0 atom stereocenters. The Bertz CT molecular complexity index is 1360. The van der Waals surface area contributed by atoms with Crippen molar-refractivity contribution in [3.63, 3.8) is 0 Å². The fraction of sp³-hybridized carbons (Fsp3) is 0.553. The van der Waals surface area contributed by atoms with E-state index >= 15 is 0 Å². The normalized spacial score (nSPS) is 11.4. The van der Waals surface area contributed by atoms with Crippen LogP contribution in [0.1, 0.15) is 126 Å². The third kappa shape index (κ3) is 16.9. The van der Waals surface area contributed by atoms with E-state index < -0.39 is 0 Å². The molecule has 1 aromatic carbocycles. The summed E-state index contributed by atoms with van der Waals surface area (Å²) in [5.74, 6) is 0.318. The van der Waals surface area contributed by atoms with Crippen LogP contribution in [0.3, 0.4) is 0 Å². The van der Waals surface area contributed by atoms with Gasteiger partial charge in [-0.15, -0.1) is 0 Å². The fourth-order valence-corrected chi connectivity index (χ4v) is 6.33. The van der Waals surface area contributed by atoms with Crippen molar-refractivity contribution in [1.29, 1.82) is 0 Å². The number of benzene rings is 1. The molecule has 256 valence electrons. The van der Waals surface area contributed by atoms with E-state index in [0.29, 0.717) is 48.8 Å². The van der Waals surface area contributed by atoms with Crippen LogP contribution in [-0.4, -0.2) is 32.0 Å². The van der Waals surface area contributed by atoms with E-state index in [2.05, 4.69) is 39.3 Å². The lowest BCUT2D eigenvalue weighted by Gasteiger charge is -2.14. The number of nitrogens with one attached hydrogen (secondary N) is 1. The van der Waals surface area contributed by atoms with Gasteiger partial charge >= 0.3 is 0 Å². The Morgan fingerprint density at radius 1 is 0.851 bits per heavy atom. The molecule has 3 aromatic rings. The molecule has 2 heterocycles. The number of aryl methyl sites for hydroxylation is 1. The van der Waals surface area contributed by atoms with Crippen molar-refractivity contribution in [3.05, 3.63) is 94.2 Å². The van der Waals surface area contributed by atoms with Crippen LogP contribution in [0.4, 0.5) is 4.39 Å². The molecule has 1 N–H and O–H groups in total. The molecule has 0 bridgehead atoms. The SMILES string of the molecule is CCCCCCCC/C=C/CCCCCCCCNC(=O)CCCn1cc(Cc2cncnc2)c(=O)nc1SCc1ccc(F)cc1. The summed E-state index contributed by atoms with van der Waals surface area (Å²) in [6.45, 7) is 3.53. The summed E-state index contributed by atoms with van der Waals surface area (Å²) in [5, 5.41) is 3.65. The van der Waals surface area contributed by atoms with Crippen molar-refractivity contribution in [2.75, 3.05) is 6.54 Å². The average Bonchev–Trinajstić information content (AvgIpc) is 3.08. The summed E-state index contributed by atoms with van der Waals surface area (Å²) < 4.78 is 15.3. The first-order valence-electron chi connectivity index (χ1n) is 17.7. The fourth-order valence-electron chi connectivity index (χ4n) is 5.39. The Kier molecular flexibility index (Phi) is 19.4. The number of carbonyl (C=O) groups excluding carboxylic acids is 1. The topological polar surface area (TPSA) is 89.8 Å². The van der Waals surface area contributed by atoms with E-state index in [9.17, 15) is 14.0 Å². The number of carbonyl (C=O) groups is 1. The Morgan fingerprint density at radius 2 is 1.49 bits per heavy atom. The van der Waals surface area contributed by atoms with E-state index in [-0.39, 0.29) is 17.3 Å². The number of unbranched alkanes of at least 4 members (excludes halogenated alkanes) is 12. The van der Waals surface area contributed by atoms with Crippen molar-refractivity contribution < 1.29 is 9.18 Å². The molecule has 0 aliphatic heterocycles. The average molecular weight is 664 g/mol. The molecule has 1 amide bonds. The smallest absolute Gasteiger partial charge is 0.277 e. The standard InChI is InChI=1S/C38H54FN5O2S/c1-2-3-4-5-6-7-8-9-10-11-12-13-14-15-16-17-24-42-36(45)19-18-25-44-29-34(26-33-27-40-31-41-28-33)37(46)43-38(44)47-30-32-20-22-35(39)23-21-32/h9-10,20-23,27-29,31H,2-8,11-19,24-26,30H2,1H3,(H,42,45)/b10-9+. The largest absolute Gasteiger partial charge is 0.356 e. The number of hydrogen-bond acceptors (Lipinski definition) is 6. The first-order valence-corrected chi connectivity index (χ1v) is 18.7. The van der Waals surface area contributed by atoms with Crippen LogP contribution in [-0.2, 0) is 23.5 Å². The predicted octanol–water partition coefficient (Wildman–Crippen LogP) is 8.99. The van der Waals surface area contributed by atoms with E-state index in [1.54, 1.807) is 24.5 Å². The second-order valence-electron chi connectivity index (χ2n) is 12.3. The van der Waals surface area contributed by atoms with Gasteiger partial charge in [-0.3, -0.25) is 9.59 Å². The summed E-state index contributed by atoms with van der Waals surface area (Å²) in [7, 11) is 0. The van der Waals surface area contributed by atoms with Gasteiger partial charge in [0.2, 0.25) is 5.91 Å². The highest BCUT2D eigenvalue weighted by Gasteiger charge is 2.12. The molecular formula is C38H54FN5O2S. The zero-order valence-corrected chi connectivity index (χ0v) is 29.1. The zero-order chi connectivity index (χ0) is 33.4. The van der Waals surface area contributed by atoms with Crippen LogP contribution >= 0.6 is 11.8 Å². The van der Waals surface area contributed by atoms with Crippen LogP contribution in [0.5, 0.6) is 0 Å². The highest BCUT2D eigenvalue weighted by atomic mass is 32.2. The number of rotatable bonds is 25. The maximum Gasteiger partial charge on any atom is 0.277 e. The Morgan fingerprint density at radius 3 is 2.17 bits per heavy atom. The van der Waals surface area contributed by atoms with Gasteiger partial charge in [0.15, 0.2) is 5.16 Å². The molecular weight excluding hydrogens is 610 g/mol. The Balaban J connectivity index is 1.32. The number of hydrogen-bond donors (Lipinski definition) is 1. The highest BCUT2D eigenvalue weighted by molar-refractivity contribution is 7.98. The minimum Gasteiger partial charge on any atom is -0.356 e. The van der Waals surface area contributed by atoms with Gasteiger partial charge in [-0.05, 0) is 61.8 Å². The van der Waals surface area contributed by atoms with Gasteiger partial charge < -0.3 is 9.88 Å². The molecule has 3 rings (SSSR count). The molecule has 7 nitrogen and oxygen atoms in total. The predicted molar refractivity (Wildman–Crippen MR) is 191 cm³/mol. The maximum atomic E-state index is 13.3. The van der Waals surface area contributed by atoms with E-state index in [4.69, 9.17) is 0 Å². The van der Waals surface area contributed by atoms with Gasteiger partial charge in [-0.25, -0.2) is 14.4 Å². The van der Waals surface area contributed by atoms with Crippen molar-refractivity contribution >= 4 is 17.7 Å². The van der Waals surface area contributed by atoms with Crippen molar-refractivity contribution in [3.8, 4) is 0 Å². The van der Waals surface area contributed by atoms with Crippen LogP contribution < -0.4 is 10.9 Å². The molecule has 9 heteroatoms. The quantitative estimate of drug-likeness (QED) is 0.0421. The molecule has 0 aliphatic carbocycles. The van der Waals surface area contributed by atoms with Crippen LogP contribution in [0, 0.1) is 5.82 Å². The molecule has 47 heavy (non-hydrogen) atoms. The third-order valence-electron chi connectivity index (χ3n) is 8.13. The van der Waals surface area contributed by atoms with Crippen molar-refractivity contribution in [2.45, 2.75) is 134 Å². The molecule has 0 fully saturated rings. The van der Waals surface area contributed by atoms with Gasteiger partial charge in [0, 0.05) is 55.8 Å². The summed E-state index contributed by atoms with van der Waals surface area (Å²) in [4.78, 5) is 37.9. The molecule has 0 aliphatic rings. The first kappa shape index (κ1) is 38.1. The van der Waals surface area contributed by atoms with Crippen LogP contribution in [0.15, 0.2) is 71.3 Å². The molecule has 0 saturated heterocycles. The van der Waals surface area contributed by atoms with Gasteiger partial charge in [0.1, 0.15) is 12.1 Å². The number of thioether (sulfide) groups is 1. The lowest BCUT2D eigenvalue weighted by atomic mass is 10.1. The first-order chi connectivity index (χ1) is 23.0. The number of amides is 1. The zero-order valence-electron chi connectivity index (χ0n) is 28.3.